The summed E-state index contributed by atoms with van der Waals surface area (Å²) < 4.78 is 5.94. The SMILES string of the molecule is CN=C(NCc1cccnc1N(C)C)N1CCC(COCc2ccccc2)C1. The lowest BCUT2D eigenvalue weighted by Gasteiger charge is -2.23. The summed E-state index contributed by atoms with van der Waals surface area (Å²) in [6.07, 6.45) is 2.96. The number of nitrogens with one attached hydrogen (secondary N) is 1. The monoisotopic (exact) mass is 381 g/mol. The summed E-state index contributed by atoms with van der Waals surface area (Å²) in [4.78, 5) is 13.3. The molecular weight excluding hydrogens is 350 g/mol. The van der Waals surface area contributed by atoms with Gasteiger partial charge in [-0.15, -0.1) is 0 Å². The summed E-state index contributed by atoms with van der Waals surface area (Å²) in [5.74, 6) is 2.47. The van der Waals surface area contributed by atoms with Gasteiger partial charge in [0.05, 0.1) is 13.2 Å². The molecule has 1 aliphatic rings. The average molecular weight is 382 g/mol. The predicted octanol–water partition coefficient (Wildman–Crippen LogP) is 2.76. The Bertz CT molecular complexity index is 763. The molecule has 1 atom stereocenters. The molecule has 2 aromatic rings. The molecule has 1 aromatic heterocycles. The smallest absolute Gasteiger partial charge is 0.193 e. The van der Waals surface area contributed by atoms with Gasteiger partial charge in [-0.25, -0.2) is 4.98 Å². The molecule has 1 N–H and O–H groups in total. The van der Waals surface area contributed by atoms with Crippen LogP contribution in [-0.2, 0) is 17.9 Å². The molecule has 1 saturated heterocycles. The Balaban J connectivity index is 1.47. The van der Waals surface area contributed by atoms with Crippen LogP contribution in [0.5, 0.6) is 0 Å². The number of hydrogen-bond acceptors (Lipinski definition) is 4. The Morgan fingerprint density at radius 3 is 2.82 bits per heavy atom. The van der Waals surface area contributed by atoms with Gasteiger partial charge in [0.2, 0.25) is 0 Å². The highest BCUT2D eigenvalue weighted by molar-refractivity contribution is 5.80. The Kier molecular flexibility index (Phi) is 7.25. The second-order valence-electron chi connectivity index (χ2n) is 7.38. The first-order valence-corrected chi connectivity index (χ1v) is 9.86. The van der Waals surface area contributed by atoms with E-state index in [-0.39, 0.29) is 0 Å². The molecule has 150 valence electrons. The number of guanidine groups is 1. The Labute approximate surface area is 168 Å². The fraction of sp³-hybridized carbons (Fsp3) is 0.455. The maximum absolute atomic E-state index is 5.94. The predicted molar refractivity (Wildman–Crippen MR) is 115 cm³/mol. The van der Waals surface area contributed by atoms with Crippen LogP contribution in [0, 0.1) is 5.92 Å². The number of rotatable bonds is 7. The second-order valence-corrected chi connectivity index (χ2v) is 7.38. The van der Waals surface area contributed by atoms with Crippen LogP contribution >= 0.6 is 0 Å². The van der Waals surface area contributed by atoms with Crippen LogP contribution in [-0.4, -0.2) is 56.7 Å². The molecule has 1 fully saturated rings. The molecule has 1 unspecified atom stereocenters. The molecule has 2 heterocycles. The first-order valence-electron chi connectivity index (χ1n) is 9.86. The Morgan fingerprint density at radius 2 is 2.07 bits per heavy atom. The summed E-state index contributed by atoms with van der Waals surface area (Å²) in [7, 11) is 5.87. The van der Waals surface area contributed by atoms with Crippen molar-refractivity contribution in [2.75, 3.05) is 45.7 Å². The molecule has 0 amide bonds. The molecule has 0 spiro atoms. The number of likely N-dealkylation sites (tertiary alicyclic amines) is 1. The molecule has 0 radical (unpaired) electrons. The van der Waals surface area contributed by atoms with Crippen molar-refractivity contribution in [2.24, 2.45) is 10.9 Å². The molecule has 0 saturated carbocycles. The first-order chi connectivity index (χ1) is 13.7. The average Bonchev–Trinajstić information content (AvgIpc) is 3.18. The highest BCUT2D eigenvalue weighted by Gasteiger charge is 2.25. The van der Waals surface area contributed by atoms with E-state index in [1.54, 1.807) is 0 Å². The third-order valence-corrected chi connectivity index (χ3v) is 4.99. The Hall–Kier alpha value is -2.60. The second kappa shape index (κ2) is 10.1. The van der Waals surface area contributed by atoms with Gasteiger partial charge in [-0.2, -0.15) is 0 Å². The fourth-order valence-electron chi connectivity index (χ4n) is 3.56. The number of hydrogen-bond donors (Lipinski definition) is 1. The lowest BCUT2D eigenvalue weighted by molar-refractivity contribution is 0.0906. The van der Waals surface area contributed by atoms with E-state index in [1.807, 2.05) is 44.4 Å². The molecule has 28 heavy (non-hydrogen) atoms. The van der Waals surface area contributed by atoms with Gasteiger partial charge < -0.3 is 19.9 Å². The van der Waals surface area contributed by atoms with Gasteiger partial charge in [0.25, 0.3) is 0 Å². The lowest BCUT2D eigenvalue weighted by Crippen LogP contribution is -2.40. The minimum Gasteiger partial charge on any atom is -0.376 e. The number of benzene rings is 1. The van der Waals surface area contributed by atoms with E-state index in [0.717, 1.165) is 43.5 Å². The zero-order valence-corrected chi connectivity index (χ0v) is 17.1. The number of aromatic nitrogens is 1. The number of anilines is 1. The highest BCUT2D eigenvalue weighted by atomic mass is 16.5. The van der Waals surface area contributed by atoms with E-state index >= 15 is 0 Å². The van der Waals surface area contributed by atoms with E-state index in [1.165, 1.54) is 5.56 Å². The van der Waals surface area contributed by atoms with Gasteiger partial charge in [-0.05, 0) is 18.1 Å². The first kappa shape index (κ1) is 20.1. The van der Waals surface area contributed by atoms with Crippen molar-refractivity contribution in [3.05, 3.63) is 59.8 Å². The summed E-state index contributed by atoms with van der Waals surface area (Å²) >= 11 is 0. The van der Waals surface area contributed by atoms with Crippen molar-refractivity contribution in [3.63, 3.8) is 0 Å². The van der Waals surface area contributed by atoms with E-state index < -0.39 is 0 Å². The standard InChI is InChI=1S/C22H31N5O/c1-23-22(25-14-20-10-7-12-24-21(20)26(2)3)27-13-11-19(15-27)17-28-16-18-8-5-4-6-9-18/h4-10,12,19H,11,13-17H2,1-3H3,(H,23,25). The molecule has 0 aliphatic carbocycles. The maximum Gasteiger partial charge on any atom is 0.193 e. The number of ether oxygens (including phenoxy) is 1. The minimum absolute atomic E-state index is 0.540. The van der Waals surface area contributed by atoms with E-state index in [9.17, 15) is 0 Å². The van der Waals surface area contributed by atoms with E-state index in [2.05, 4.69) is 50.5 Å². The quantitative estimate of drug-likeness (QED) is 0.590. The van der Waals surface area contributed by atoms with Gasteiger partial charge in [-0.1, -0.05) is 36.4 Å². The fourth-order valence-corrected chi connectivity index (χ4v) is 3.56. The van der Waals surface area contributed by atoms with Gasteiger partial charge in [0.1, 0.15) is 5.82 Å². The molecule has 6 nitrogen and oxygen atoms in total. The van der Waals surface area contributed by atoms with Gasteiger partial charge in [0, 0.05) is 58.5 Å². The van der Waals surface area contributed by atoms with Crippen molar-refractivity contribution in [3.8, 4) is 0 Å². The lowest BCUT2D eigenvalue weighted by atomic mass is 10.1. The van der Waals surface area contributed by atoms with Gasteiger partial charge >= 0.3 is 0 Å². The van der Waals surface area contributed by atoms with Crippen LogP contribution in [0.1, 0.15) is 17.5 Å². The van der Waals surface area contributed by atoms with Crippen molar-refractivity contribution >= 4 is 11.8 Å². The van der Waals surface area contributed by atoms with Crippen LogP contribution in [0.25, 0.3) is 0 Å². The van der Waals surface area contributed by atoms with Crippen LogP contribution < -0.4 is 10.2 Å². The summed E-state index contributed by atoms with van der Waals surface area (Å²) in [6.45, 7) is 4.16. The summed E-state index contributed by atoms with van der Waals surface area (Å²) in [6, 6.07) is 14.4. The maximum atomic E-state index is 5.94. The van der Waals surface area contributed by atoms with Gasteiger partial charge in [-0.3, -0.25) is 4.99 Å². The number of aliphatic imine (C=N–C) groups is 1. The van der Waals surface area contributed by atoms with Crippen molar-refractivity contribution in [1.82, 2.24) is 15.2 Å². The third-order valence-electron chi connectivity index (χ3n) is 4.99. The molecule has 1 aliphatic heterocycles. The minimum atomic E-state index is 0.540. The summed E-state index contributed by atoms with van der Waals surface area (Å²) in [5, 5.41) is 3.49. The number of pyridine rings is 1. The zero-order valence-electron chi connectivity index (χ0n) is 17.1. The van der Waals surface area contributed by atoms with E-state index in [0.29, 0.717) is 19.1 Å². The largest absolute Gasteiger partial charge is 0.376 e. The zero-order chi connectivity index (χ0) is 19.8. The van der Waals surface area contributed by atoms with Crippen LogP contribution in [0.4, 0.5) is 5.82 Å². The normalized spacial score (nSPS) is 17.0. The van der Waals surface area contributed by atoms with Crippen molar-refractivity contribution in [2.45, 2.75) is 19.6 Å². The number of nitrogens with zero attached hydrogens (tertiary/aromatic N) is 4. The van der Waals surface area contributed by atoms with Gasteiger partial charge in [0.15, 0.2) is 5.96 Å². The van der Waals surface area contributed by atoms with Crippen LogP contribution in [0.2, 0.25) is 0 Å². The molecular formula is C22H31N5O. The highest BCUT2D eigenvalue weighted by Crippen LogP contribution is 2.18. The van der Waals surface area contributed by atoms with Crippen molar-refractivity contribution < 1.29 is 4.74 Å². The topological polar surface area (TPSA) is 53.0 Å². The molecule has 0 bridgehead atoms. The molecule has 1 aromatic carbocycles. The molecule has 3 rings (SSSR count). The molecule has 6 heteroatoms. The van der Waals surface area contributed by atoms with Crippen LogP contribution in [0.15, 0.2) is 53.7 Å². The van der Waals surface area contributed by atoms with Crippen LogP contribution in [0.3, 0.4) is 0 Å². The Morgan fingerprint density at radius 1 is 1.25 bits per heavy atom. The third kappa shape index (κ3) is 5.45. The van der Waals surface area contributed by atoms with E-state index in [4.69, 9.17) is 4.74 Å². The van der Waals surface area contributed by atoms with Crippen molar-refractivity contribution in [1.29, 1.82) is 0 Å². The summed E-state index contributed by atoms with van der Waals surface area (Å²) in [5.41, 5.74) is 2.39.